The highest BCUT2D eigenvalue weighted by Gasteiger charge is 2.22. The van der Waals surface area contributed by atoms with Crippen molar-refractivity contribution in [1.29, 1.82) is 0 Å². The first-order chi connectivity index (χ1) is 9.95. The molecule has 1 saturated heterocycles. The van der Waals surface area contributed by atoms with E-state index in [2.05, 4.69) is 6.92 Å². The van der Waals surface area contributed by atoms with Crippen LogP contribution >= 0.6 is 0 Å². The molecule has 1 aliphatic heterocycles. The summed E-state index contributed by atoms with van der Waals surface area (Å²) in [5, 5.41) is 0. The van der Waals surface area contributed by atoms with E-state index in [-0.39, 0.29) is 17.7 Å². The number of hydrogen-bond donors (Lipinski definition) is 0. The van der Waals surface area contributed by atoms with Gasteiger partial charge in [-0.2, -0.15) is 0 Å². The van der Waals surface area contributed by atoms with Gasteiger partial charge in [0.1, 0.15) is 0 Å². The molecule has 0 aromatic rings. The molecular weight excluding hydrogens is 270 g/mol. The summed E-state index contributed by atoms with van der Waals surface area (Å²) in [7, 11) is 0. The molecule has 0 spiro atoms. The summed E-state index contributed by atoms with van der Waals surface area (Å²) >= 11 is 0. The smallest absolute Gasteiger partial charge is 0.224 e. The van der Waals surface area contributed by atoms with Crippen LogP contribution in [-0.4, -0.2) is 71.7 Å². The van der Waals surface area contributed by atoms with Crippen LogP contribution in [0.25, 0.3) is 0 Å². The zero-order valence-electron chi connectivity index (χ0n) is 13.4. The van der Waals surface area contributed by atoms with Crippen molar-refractivity contribution in [3.63, 3.8) is 0 Å². The quantitative estimate of drug-likeness (QED) is 0.725. The van der Waals surface area contributed by atoms with Crippen molar-refractivity contribution in [2.75, 3.05) is 39.3 Å². The van der Waals surface area contributed by atoms with Crippen molar-refractivity contribution in [1.82, 2.24) is 14.7 Å². The van der Waals surface area contributed by atoms with Gasteiger partial charge in [-0.25, -0.2) is 0 Å². The highest BCUT2D eigenvalue weighted by Crippen LogP contribution is 2.06. The molecule has 0 radical (unpaired) electrons. The molecule has 1 aliphatic rings. The van der Waals surface area contributed by atoms with Gasteiger partial charge in [0.25, 0.3) is 0 Å². The molecule has 0 aromatic heterocycles. The second-order valence-electron chi connectivity index (χ2n) is 5.50. The molecule has 0 bridgehead atoms. The normalized spacial score (nSPS) is 15.0. The fraction of sp³-hybridized carbons (Fsp3) is 0.800. The van der Waals surface area contributed by atoms with Crippen molar-refractivity contribution in [3.05, 3.63) is 0 Å². The number of carbonyl (C=O) groups excluding carboxylic acids is 3. The van der Waals surface area contributed by atoms with Gasteiger partial charge in [-0.15, -0.1) is 0 Å². The molecule has 0 saturated carbocycles. The largest absolute Gasteiger partial charge is 0.342 e. The fourth-order valence-corrected chi connectivity index (χ4v) is 2.44. The molecular formula is C15H27N3O3. The van der Waals surface area contributed by atoms with Crippen LogP contribution in [0.4, 0.5) is 0 Å². The number of piperazine rings is 1. The molecule has 1 rings (SSSR count). The predicted octanol–water partition coefficient (Wildman–Crippen LogP) is 0.716. The maximum Gasteiger partial charge on any atom is 0.224 e. The minimum absolute atomic E-state index is 0.0256. The zero-order chi connectivity index (χ0) is 15.8. The van der Waals surface area contributed by atoms with Crippen LogP contribution < -0.4 is 0 Å². The van der Waals surface area contributed by atoms with E-state index >= 15 is 0 Å². The average Bonchev–Trinajstić information content (AvgIpc) is 2.46. The molecule has 0 unspecified atom stereocenters. The predicted molar refractivity (Wildman–Crippen MR) is 80.6 cm³/mol. The Hall–Kier alpha value is -1.59. The summed E-state index contributed by atoms with van der Waals surface area (Å²) in [6.07, 6.45) is 2.36. The van der Waals surface area contributed by atoms with Crippen LogP contribution in [0, 0.1) is 0 Å². The van der Waals surface area contributed by atoms with Gasteiger partial charge in [-0.3, -0.25) is 14.4 Å². The van der Waals surface area contributed by atoms with Crippen molar-refractivity contribution in [2.24, 2.45) is 0 Å². The zero-order valence-corrected chi connectivity index (χ0v) is 13.4. The Kier molecular flexibility index (Phi) is 7.19. The monoisotopic (exact) mass is 297 g/mol. The van der Waals surface area contributed by atoms with Crippen molar-refractivity contribution >= 4 is 17.7 Å². The third-order valence-corrected chi connectivity index (χ3v) is 3.90. The van der Waals surface area contributed by atoms with Crippen LogP contribution in [0.15, 0.2) is 0 Å². The van der Waals surface area contributed by atoms with Crippen molar-refractivity contribution in [3.8, 4) is 0 Å². The minimum atomic E-state index is 0.0256. The number of amides is 3. The van der Waals surface area contributed by atoms with E-state index < -0.39 is 0 Å². The van der Waals surface area contributed by atoms with E-state index in [1.165, 1.54) is 0 Å². The molecule has 0 atom stereocenters. The first-order valence-corrected chi connectivity index (χ1v) is 7.74. The average molecular weight is 297 g/mol. The number of unbranched alkanes of at least 4 members (excludes halogenated alkanes) is 1. The molecule has 1 fully saturated rings. The lowest BCUT2D eigenvalue weighted by Crippen LogP contribution is -2.50. The van der Waals surface area contributed by atoms with Crippen LogP contribution in [-0.2, 0) is 14.4 Å². The van der Waals surface area contributed by atoms with Crippen LogP contribution in [0.1, 0.15) is 40.0 Å². The lowest BCUT2D eigenvalue weighted by molar-refractivity contribution is -0.139. The highest BCUT2D eigenvalue weighted by molar-refractivity contribution is 5.79. The van der Waals surface area contributed by atoms with E-state index in [1.807, 2.05) is 0 Å². The first kappa shape index (κ1) is 17.5. The lowest BCUT2D eigenvalue weighted by Gasteiger charge is -2.34. The Balaban J connectivity index is 2.36. The SMILES string of the molecule is CCCCN(CCC(=O)N1CCN(C(C)=O)CC1)C(C)=O. The van der Waals surface area contributed by atoms with Crippen LogP contribution in [0.3, 0.4) is 0 Å². The molecule has 0 N–H and O–H groups in total. The third kappa shape index (κ3) is 5.73. The summed E-state index contributed by atoms with van der Waals surface area (Å²) in [6, 6.07) is 0. The van der Waals surface area contributed by atoms with Gasteiger partial charge in [-0.05, 0) is 6.42 Å². The van der Waals surface area contributed by atoms with Gasteiger partial charge in [0.15, 0.2) is 0 Å². The molecule has 1 heterocycles. The van der Waals surface area contributed by atoms with E-state index in [0.717, 1.165) is 19.4 Å². The summed E-state index contributed by atoms with van der Waals surface area (Å²) in [6.45, 7) is 8.78. The fourth-order valence-electron chi connectivity index (χ4n) is 2.44. The summed E-state index contributed by atoms with van der Waals surface area (Å²) < 4.78 is 0. The molecule has 6 heteroatoms. The van der Waals surface area contributed by atoms with Crippen LogP contribution in [0.2, 0.25) is 0 Å². The maximum atomic E-state index is 12.2. The molecule has 120 valence electrons. The van der Waals surface area contributed by atoms with Gasteiger partial charge in [0.05, 0.1) is 0 Å². The standard InChI is InChI=1S/C15H27N3O3/c1-4-5-7-16(13(2)19)8-6-15(21)18-11-9-17(10-12-18)14(3)20/h4-12H2,1-3H3. The minimum Gasteiger partial charge on any atom is -0.342 e. The van der Waals surface area contributed by atoms with Gasteiger partial charge in [0.2, 0.25) is 17.7 Å². The van der Waals surface area contributed by atoms with Crippen LogP contribution in [0.5, 0.6) is 0 Å². The molecule has 0 aromatic carbocycles. The van der Waals surface area contributed by atoms with Crippen molar-refractivity contribution < 1.29 is 14.4 Å². The van der Waals surface area contributed by atoms with E-state index in [4.69, 9.17) is 0 Å². The second-order valence-corrected chi connectivity index (χ2v) is 5.50. The number of hydrogen-bond acceptors (Lipinski definition) is 3. The molecule has 6 nitrogen and oxygen atoms in total. The van der Waals surface area contributed by atoms with E-state index in [0.29, 0.717) is 39.1 Å². The molecule has 0 aliphatic carbocycles. The Morgan fingerprint density at radius 1 is 0.952 bits per heavy atom. The number of rotatable bonds is 6. The first-order valence-electron chi connectivity index (χ1n) is 7.74. The van der Waals surface area contributed by atoms with Gasteiger partial charge in [0, 0.05) is 59.5 Å². The topological polar surface area (TPSA) is 60.9 Å². The Labute approximate surface area is 127 Å². The third-order valence-electron chi connectivity index (χ3n) is 3.90. The van der Waals surface area contributed by atoms with E-state index in [1.54, 1.807) is 28.5 Å². The van der Waals surface area contributed by atoms with E-state index in [9.17, 15) is 14.4 Å². The lowest BCUT2D eigenvalue weighted by atomic mass is 10.2. The Morgan fingerprint density at radius 3 is 2.00 bits per heavy atom. The van der Waals surface area contributed by atoms with Gasteiger partial charge in [-0.1, -0.05) is 13.3 Å². The molecule has 21 heavy (non-hydrogen) atoms. The second kappa shape index (κ2) is 8.64. The Morgan fingerprint density at radius 2 is 1.52 bits per heavy atom. The van der Waals surface area contributed by atoms with Crippen molar-refractivity contribution in [2.45, 2.75) is 40.0 Å². The Bertz CT molecular complexity index is 376. The summed E-state index contributed by atoms with van der Waals surface area (Å²) in [5.41, 5.74) is 0. The number of nitrogens with zero attached hydrogens (tertiary/aromatic N) is 3. The van der Waals surface area contributed by atoms with Gasteiger partial charge < -0.3 is 14.7 Å². The maximum absolute atomic E-state index is 12.2. The summed E-state index contributed by atoms with van der Waals surface area (Å²) in [4.78, 5) is 40.2. The summed E-state index contributed by atoms with van der Waals surface area (Å²) in [5.74, 6) is 0.156. The number of carbonyl (C=O) groups is 3. The molecule has 3 amide bonds. The highest BCUT2D eigenvalue weighted by atomic mass is 16.2. The van der Waals surface area contributed by atoms with Gasteiger partial charge >= 0.3 is 0 Å².